The lowest BCUT2D eigenvalue weighted by molar-refractivity contribution is -0.385. The summed E-state index contributed by atoms with van der Waals surface area (Å²) in [6.45, 7) is 9.00. The van der Waals surface area contributed by atoms with Gasteiger partial charge in [-0.25, -0.2) is 19.7 Å². The van der Waals surface area contributed by atoms with E-state index in [1.54, 1.807) is 45.0 Å². The maximum atomic E-state index is 13.2. The van der Waals surface area contributed by atoms with Gasteiger partial charge in [-0.05, 0) is 38.5 Å². The van der Waals surface area contributed by atoms with Crippen LogP contribution in [0.3, 0.4) is 0 Å². The highest BCUT2D eigenvalue weighted by atomic mass is 16.6. The van der Waals surface area contributed by atoms with Gasteiger partial charge in [0.05, 0.1) is 28.6 Å². The summed E-state index contributed by atoms with van der Waals surface area (Å²) in [6, 6.07) is 9.77. The molecule has 0 aliphatic heterocycles. The largest absolute Gasteiger partial charge is 0.490 e. The molecule has 160 valence electrons. The van der Waals surface area contributed by atoms with Crippen LogP contribution in [0.4, 0.5) is 22.0 Å². The van der Waals surface area contributed by atoms with Crippen LogP contribution in [-0.4, -0.2) is 33.7 Å². The minimum atomic E-state index is -0.774. The molecule has 0 N–H and O–H groups in total. The number of hydrogen-bond donors (Lipinski definition) is 0. The SMILES string of the molecule is C=Cc1cccc(N(C(=O)OC(C)(C)C)c2ncnc3cc(OC)c([N+](=O)[O-])cc23)c1. The smallest absolute Gasteiger partial charge is 0.420 e. The van der Waals surface area contributed by atoms with Crippen LogP contribution in [0, 0.1) is 10.1 Å². The van der Waals surface area contributed by atoms with Gasteiger partial charge in [0.1, 0.15) is 11.9 Å². The van der Waals surface area contributed by atoms with Crippen LogP contribution in [0.5, 0.6) is 5.75 Å². The number of nitro benzene ring substituents is 1. The molecule has 0 saturated heterocycles. The molecule has 1 heterocycles. The van der Waals surface area contributed by atoms with Crippen LogP contribution in [0.1, 0.15) is 26.3 Å². The summed E-state index contributed by atoms with van der Waals surface area (Å²) in [6.07, 6.45) is 2.23. The quantitative estimate of drug-likeness (QED) is 0.407. The van der Waals surface area contributed by atoms with Crippen LogP contribution in [0.15, 0.2) is 49.3 Å². The molecule has 9 nitrogen and oxygen atoms in total. The topological polar surface area (TPSA) is 108 Å². The Balaban J connectivity index is 2.29. The lowest BCUT2D eigenvalue weighted by Crippen LogP contribution is -2.34. The van der Waals surface area contributed by atoms with Gasteiger partial charge in [-0.15, -0.1) is 0 Å². The number of carbonyl (C=O) groups excluding carboxylic acids is 1. The molecule has 0 saturated carbocycles. The first-order valence-corrected chi connectivity index (χ1v) is 9.37. The van der Waals surface area contributed by atoms with Gasteiger partial charge in [-0.2, -0.15) is 0 Å². The van der Waals surface area contributed by atoms with E-state index >= 15 is 0 Å². The molecule has 0 spiro atoms. The van der Waals surface area contributed by atoms with Crippen molar-refractivity contribution in [2.45, 2.75) is 26.4 Å². The summed E-state index contributed by atoms with van der Waals surface area (Å²) in [4.78, 5) is 33.9. The average molecular weight is 422 g/mol. The van der Waals surface area contributed by atoms with Gasteiger partial charge in [0, 0.05) is 12.1 Å². The fourth-order valence-electron chi connectivity index (χ4n) is 2.96. The predicted octanol–water partition coefficient (Wildman–Crippen LogP) is 5.26. The zero-order valence-electron chi connectivity index (χ0n) is 17.7. The number of methoxy groups -OCH3 is 1. The molecule has 1 aromatic heterocycles. The maximum absolute atomic E-state index is 13.2. The van der Waals surface area contributed by atoms with Crippen molar-refractivity contribution in [1.82, 2.24) is 9.97 Å². The molecule has 9 heteroatoms. The van der Waals surface area contributed by atoms with Gasteiger partial charge in [0.15, 0.2) is 11.6 Å². The third-order valence-corrected chi connectivity index (χ3v) is 4.26. The van der Waals surface area contributed by atoms with Crippen molar-refractivity contribution in [3.8, 4) is 5.75 Å². The van der Waals surface area contributed by atoms with Gasteiger partial charge < -0.3 is 9.47 Å². The first-order valence-electron chi connectivity index (χ1n) is 9.37. The first-order chi connectivity index (χ1) is 14.6. The van der Waals surface area contributed by atoms with E-state index in [4.69, 9.17) is 9.47 Å². The molecule has 31 heavy (non-hydrogen) atoms. The van der Waals surface area contributed by atoms with Crippen molar-refractivity contribution in [2.24, 2.45) is 0 Å². The van der Waals surface area contributed by atoms with Crippen LogP contribution >= 0.6 is 0 Å². The Morgan fingerprint density at radius 1 is 1.23 bits per heavy atom. The number of amides is 1. The summed E-state index contributed by atoms with van der Waals surface area (Å²) in [5, 5.41) is 11.8. The minimum absolute atomic E-state index is 0.0552. The zero-order chi connectivity index (χ0) is 22.8. The molecular formula is C22H22N4O5. The van der Waals surface area contributed by atoms with Gasteiger partial charge in [-0.1, -0.05) is 24.8 Å². The standard InChI is InChI=1S/C22H22N4O5/c1-6-14-8-7-9-15(10-14)25(21(27)31-22(2,3)4)20-16-11-18(26(28)29)19(30-5)12-17(16)23-13-24-20/h6-13H,1H2,2-5H3. The van der Waals surface area contributed by atoms with Crippen LogP contribution in [-0.2, 0) is 4.74 Å². The monoisotopic (exact) mass is 422 g/mol. The summed E-state index contributed by atoms with van der Waals surface area (Å²) in [5.41, 5.74) is 0.571. The van der Waals surface area contributed by atoms with Crippen LogP contribution in [0.25, 0.3) is 17.0 Å². The molecule has 0 atom stereocenters. The van der Waals surface area contributed by atoms with Gasteiger partial charge in [0.2, 0.25) is 0 Å². The highest BCUT2D eigenvalue weighted by Gasteiger charge is 2.29. The number of benzene rings is 2. The van der Waals surface area contributed by atoms with Crippen molar-refractivity contribution in [3.63, 3.8) is 0 Å². The van der Waals surface area contributed by atoms with E-state index in [-0.39, 0.29) is 17.3 Å². The molecule has 2 aromatic carbocycles. The highest BCUT2D eigenvalue weighted by Crippen LogP contribution is 2.37. The Morgan fingerprint density at radius 3 is 2.58 bits per heavy atom. The molecule has 3 rings (SSSR count). The van der Waals surface area contributed by atoms with Crippen LogP contribution < -0.4 is 9.64 Å². The molecule has 0 aliphatic rings. The van der Waals surface area contributed by atoms with Gasteiger partial charge >= 0.3 is 11.8 Å². The lowest BCUT2D eigenvalue weighted by Gasteiger charge is -2.27. The molecule has 0 radical (unpaired) electrons. The van der Waals surface area contributed by atoms with Crippen molar-refractivity contribution in [1.29, 1.82) is 0 Å². The molecule has 1 amide bonds. The zero-order valence-corrected chi connectivity index (χ0v) is 17.7. The number of nitrogens with zero attached hydrogens (tertiary/aromatic N) is 4. The number of anilines is 2. The fourth-order valence-corrected chi connectivity index (χ4v) is 2.96. The maximum Gasteiger partial charge on any atom is 0.420 e. The van der Waals surface area contributed by atoms with Crippen LogP contribution in [0.2, 0.25) is 0 Å². The van der Waals surface area contributed by atoms with Crippen molar-refractivity contribution >= 4 is 40.3 Å². The Hall–Kier alpha value is -4.01. The van der Waals surface area contributed by atoms with E-state index < -0.39 is 16.6 Å². The normalized spacial score (nSPS) is 11.1. The number of fused-ring (bicyclic) bond motifs is 1. The summed E-state index contributed by atoms with van der Waals surface area (Å²) in [7, 11) is 1.34. The van der Waals surface area contributed by atoms with E-state index in [1.165, 1.54) is 30.5 Å². The summed E-state index contributed by atoms with van der Waals surface area (Å²) >= 11 is 0. The fraction of sp³-hybridized carbons (Fsp3) is 0.227. The molecule has 0 unspecified atom stereocenters. The number of aromatic nitrogens is 2. The number of ether oxygens (including phenoxy) is 2. The number of carbonyl (C=O) groups is 1. The Kier molecular flexibility index (Phi) is 5.87. The van der Waals surface area contributed by atoms with E-state index in [1.807, 2.05) is 6.07 Å². The van der Waals surface area contributed by atoms with E-state index in [2.05, 4.69) is 16.5 Å². The third kappa shape index (κ3) is 4.61. The Morgan fingerprint density at radius 2 is 1.97 bits per heavy atom. The molecular weight excluding hydrogens is 400 g/mol. The number of nitro groups is 1. The lowest BCUT2D eigenvalue weighted by atomic mass is 10.1. The van der Waals surface area contributed by atoms with E-state index in [0.29, 0.717) is 16.6 Å². The Labute approximate surface area is 179 Å². The van der Waals surface area contributed by atoms with Crippen molar-refractivity contribution < 1.29 is 19.2 Å². The molecule has 0 aliphatic carbocycles. The Bertz CT molecular complexity index is 1170. The second kappa shape index (κ2) is 8.39. The first kappa shape index (κ1) is 21.7. The average Bonchev–Trinajstić information content (AvgIpc) is 2.71. The second-order valence-corrected chi connectivity index (χ2v) is 7.61. The van der Waals surface area contributed by atoms with Gasteiger partial charge in [0.25, 0.3) is 0 Å². The molecule has 0 fully saturated rings. The van der Waals surface area contributed by atoms with Crippen molar-refractivity contribution in [2.75, 3.05) is 12.0 Å². The summed E-state index contributed by atoms with van der Waals surface area (Å²) in [5.74, 6) is 0.200. The summed E-state index contributed by atoms with van der Waals surface area (Å²) < 4.78 is 10.7. The molecule has 0 bridgehead atoms. The van der Waals surface area contributed by atoms with E-state index in [0.717, 1.165) is 5.56 Å². The van der Waals surface area contributed by atoms with E-state index in [9.17, 15) is 14.9 Å². The van der Waals surface area contributed by atoms with Crippen molar-refractivity contribution in [3.05, 3.63) is 65.0 Å². The molecule has 3 aromatic rings. The second-order valence-electron chi connectivity index (χ2n) is 7.61. The third-order valence-electron chi connectivity index (χ3n) is 4.26. The minimum Gasteiger partial charge on any atom is -0.490 e. The predicted molar refractivity (Wildman–Crippen MR) is 118 cm³/mol. The number of hydrogen-bond acceptors (Lipinski definition) is 7. The number of rotatable bonds is 5. The highest BCUT2D eigenvalue weighted by molar-refractivity contribution is 6.04. The van der Waals surface area contributed by atoms with Gasteiger partial charge in [-0.3, -0.25) is 10.1 Å².